The maximum absolute atomic E-state index is 12.5. The second kappa shape index (κ2) is 8.57. The second-order valence-electron chi connectivity index (χ2n) is 7.09. The summed E-state index contributed by atoms with van der Waals surface area (Å²) in [5.41, 5.74) is 0.480. The predicted molar refractivity (Wildman–Crippen MR) is 104 cm³/mol. The van der Waals surface area contributed by atoms with Crippen LogP contribution in [-0.4, -0.2) is 24.0 Å². The highest BCUT2D eigenvalue weighted by molar-refractivity contribution is 5.97. The molecule has 3 rings (SSSR count). The highest BCUT2D eigenvalue weighted by Gasteiger charge is 2.43. The van der Waals surface area contributed by atoms with Crippen LogP contribution in [0.25, 0.3) is 0 Å². The molecule has 28 heavy (non-hydrogen) atoms. The van der Waals surface area contributed by atoms with Crippen LogP contribution in [0.4, 0.5) is 0 Å². The van der Waals surface area contributed by atoms with E-state index < -0.39 is 5.54 Å². The lowest BCUT2D eigenvalue weighted by Crippen LogP contribution is -2.48. The fourth-order valence-corrected chi connectivity index (χ4v) is 3.00. The van der Waals surface area contributed by atoms with Gasteiger partial charge < -0.3 is 15.4 Å². The molecule has 0 spiro atoms. The summed E-state index contributed by atoms with van der Waals surface area (Å²) in [4.78, 5) is 24.7. The van der Waals surface area contributed by atoms with E-state index in [2.05, 4.69) is 16.7 Å². The number of carbonyl (C=O) groups excluding carboxylic acids is 2. The van der Waals surface area contributed by atoms with Gasteiger partial charge in [0.1, 0.15) is 11.3 Å². The van der Waals surface area contributed by atoms with Crippen LogP contribution in [-0.2, 0) is 11.3 Å². The molecular formula is C22H23N3O3. The van der Waals surface area contributed by atoms with Gasteiger partial charge in [-0.25, -0.2) is 0 Å². The third kappa shape index (κ3) is 4.89. The Labute approximate surface area is 164 Å². The zero-order valence-corrected chi connectivity index (χ0v) is 15.8. The van der Waals surface area contributed by atoms with Crippen molar-refractivity contribution in [3.8, 4) is 11.8 Å². The lowest BCUT2D eigenvalue weighted by atomic mass is 9.98. The number of carbonyl (C=O) groups is 2. The number of amides is 2. The van der Waals surface area contributed by atoms with E-state index in [0.29, 0.717) is 17.9 Å². The molecule has 6 heteroatoms. The van der Waals surface area contributed by atoms with Gasteiger partial charge >= 0.3 is 0 Å². The monoisotopic (exact) mass is 377 g/mol. The summed E-state index contributed by atoms with van der Waals surface area (Å²) in [5, 5.41) is 14.9. The SMILES string of the molecule is C[C@](C#N)(NC(=O)COc1ccccc1C(=O)NCc1ccccc1)C1CC1. The lowest BCUT2D eigenvalue weighted by molar-refractivity contribution is -0.124. The van der Waals surface area contributed by atoms with Crippen molar-refractivity contribution in [3.63, 3.8) is 0 Å². The Morgan fingerprint density at radius 3 is 2.50 bits per heavy atom. The molecule has 2 N–H and O–H groups in total. The molecule has 1 fully saturated rings. The molecule has 2 amide bonds. The van der Waals surface area contributed by atoms with E-state index in [-0.39, 0.29) is 24.3 Å². The van der Waals surface area contributed by atoms with Gasteiger partial charge in [-0.1, -0.05) is 42.5 Å². The summed E-state index contributed by atoms with van der Waals surface area (Å²) >= 11 is 0. The molecule has 1 saturated carbocycles. The van der Waals surface area contributed by atoms with E-state index in [0.717, 1.165) is 18.4 Å². The summed E-state index contributed by atoms with van der Waals surface area (Å²) in [6.07, 6.45) is 1.88. The van der Waals surface area contributed by atoms with E-state index in [1.165, 1.54) is 0 Å². The summed E-state index contributed by atoms with van der Waals surface area (Å²) in [5.74, 6) is -0.138. The zero-order valence-electron chi connectivity index (χ0n) is 15.8. The largest absolute Gasteiger partial charge is 0.483 e. The van der Waals surface area contributed by atoms with Crippen molar-refractivity contribution in [1.29, 1.82) is 5.26 Å². The molecule has 0 heterocycles. The Kier molecular flexibility index (Phi) is 5.95. The molecule has 0 aromatic heterocycles. The lowest BCUT2D eigenvalue weighted by Gasteiger charge is -2.23. The maximum Gasteiger partial charge on any atom is 0.259 e. The first-order chi connectivity index (χ1) is 13.5. The maximum atomic E-state index is 12.5. The molecule has 2 aromatic rings. The zero-order chi connectivity index (χ0) is 20.0. The van der Waals surface area contributed by atoms with E-state index in [9.17, 15) is 14.9 Å². The van der Waals surface area contributed by atoms with Crippen LogP contribution in [0.15, 0.2) is 54.6 Å². The number of hydrogen-bond acceptors (Lipinski definition) is 4. The van der Waals surface area contributed by atoms with Crippen molar-refractivity contribution in [2.75, 3.05) is 6.61 Å². The number of rotatable bonds is 8. The molecule has 2 aromatic carbocycles. The fourth-order valence-electron chi connectivity index (χ4n) is 3.00. The second-order valence-corrected chi connectivity index (χ2v) is 7.09. The van der Waals surface area contributed by atoms with Gasteiger partial charge in [0.2, 0.25) is 0 Å². The van der Waals surface area contributed by atoms with Crippen LogP contribution >= 0.6 is 0 Å². The number of ether oxygens (including phenoxy) is 1. The van der Waals surface area contributed by atoms with Crippen LogP contribution in [0.5, 0.6) is 5.75 Å². The van der Waals surface area contributed by atoms with Crippen molar-refractivity contribution >= 4 is 11.8 Å². The van der Waals surface area contributed by atoms with Gasteiger partial charge in [-0.2, -0.15) is 5.26 Å². The van der Waals surface area contributed by atoms with Gasteiger partial charge in [-0.3, -0.25) is 9.59 Å². The molecule has 0 bridgehead atoms. The quantitative estimate of drug-likeness (QED) is 0.740. The number of para-hydroxylation sites is 1. The summed E-state index contributed by atoms with van der Waals surface area (Å²) < 4.78 is 5.58. The topological polar surface area (TPSA) is 91.2 Å². The fraction of sp³-hybridized carbons (Fsp3) is 0.318. The van der Waals surface area contributed by atoms with Crippen molar-refractivity contribution in [1.82, 2.24) is 10.6 Å². The van der Waals surface area contributed by atoms with Crippen molar-refractivity contribution in [2.24, 2.45) is 5.92 Å². The predicted octanol–water partition coefficient (Wildman–Crippen LogP) is 2.80. The first-order valence-electron chi connectivity index (χ1n) is 9.28. The van der Waals surface area contributed by atoms with Gasteiger partial charge in [0.15, 0.2) is 6.61 Å². The van der Waals surface area contributed by atoms with Crippen LogP contribution < -0.4 is 15.4 Å². The number of benzene rings is 2. The number of hydrogen-bond donors (Lipinski definition) is 2. The Bertz CT molecular complexity index is 887. The van der Waals surface area contributed by atoms with Crippen LogP contribution in [0.2, 0.25) is 0 Å². The van der Waals surface area contributed by atoms with Crippen molar-refractivity contribution in [2.45, 2.75) is 31.8 Å². The van der Waals surface area contributed by atoms with Crippen molar-refractivity contribution in [3.05, 3.63) is 65.7 Å². The Balaban J connectivity index is 1.58. The first-order valence-corrected chi connectivity index (χ1v) is 9.28. The van der Waals surface area contributed by atoms with Gasteiger partial charge in [0.05, 0.1) is 11.6 Å². The highest BCUT2D eigenvalue weighted by atomic mass is 16.5. The standard InChI is InChI=1S/C22H23N3O3/c1-22(15-23,17-11-12-17)25-20(26)14-28-19-10-6-5-9-18(19)21(27)24-13-16-7-3-2-4-8-16/h2-10,17H,11-14H2,1H3,(H,24,27)(H,25,26)/t22-/m1/s1. The molecule has 0 saturated heterocycles. The third-order valence-corrected chi connectivity index (χ3v) is 4.81. The van der Waals surface area contributed by atoms with E-state index in [1.54, 1.807) is 31.2 Å². The average Bonchev–Trinajstić information content (AvgIpc) is 3.57. The van der Waals surface area contributed by atoms with Crippen LogP contribution in [0, 0.1) is 17.2 Å². The molecule has 1 aliphatic carbocycles. The van der Waals surface area contributed by atoms with Gasteiger partial charge in [-0.05, 0) is 43.4 Å². The Hall–Kier alpha value is -3.33. The van der Waals surface area contributed by atoms with E-state index >= 15 is 0 Å². The minimum Gasteiger partial charge on any atom is -0.483 e. The average molecular weight is 377 g/mol. The van der Waals surface area contributed by atoms with Gasteiger partial charge in [0, 0.05) is 6.54 Å². The summed E-state index contributed by atoms with van der Waals surface area (Å²) in [7, 11) is 0. The Morgan fingerprint density at radius 2 is 1.82 bits per heavy atom. The molecular weight excluding hydrogens is 354 g/mol. The molecule has 0 radical (unpaired) electrons. The van der Waals surface area contributed by atoms with Crippen LogP contribution in [0.1, 0.15) is 35.7 Å². The molecule has 0 unspecified atom stereocenters. The number of nitrogens with one attached hydrogen (secondary N) is 2. The highest BCUT2D eigenvalue weighted by Crippen LogP contribution is 2.39. The molecule has 0 aliphatic heterocycles. The van der Waals surface area contributed by atoms with Crippen molar-refractivity contribution < 1.29 is 14.3 Å². The Morgan fingerprint density at radius 1 is 1.14 bits per heavy atom. The normalized spacial score (nSPS) is 15.0. The van der Waals surface area contributed by atoms with Gasteiger partial charge in [0.25, 0.3) is 11.8 Å². The summed E-state index contributed by atoms with van der Waals surface area (Å²) in [6, 6.07) is 18.6. The smallest absolute Gasteiger partial charge is 0.259 e. The first kappa shape index (κ1) is 19.4. The molecule has 6 nitrogen and oxygen atoms in total. The number of nitriles is 1. The van der Waals surface area contributed by atoms with E-state index in [4.69, 9.17) is 4.74 Å². The van der Waals surface area contributed by atoms with Gasteiger partial charge in [-0.15, -0.1) is 0 Å². The summed E-state index contributed by atoms with van der Waals surface area (Å²) in [6.45, 7) is 1.87. The number of nitrogens with zero attached hydrogens (tertiary/aromatic N) is 1. The third-order valence-electron chi connectivity index (χ3n) is 4.81. The molecule has 1 atom stereocenters. The van der Waals surface area contributed by atoms with Crippen LogP contribution in [0.3, 0.4) is 0 Å². The minimum absolute atomic E-state index is 0.192. The van der Waals surface area contributed by atoms with E-state index in [1.807, 2.05) is 30.3 Å². The molecule has 144 valence electrons. The minimum atomic E-state index is -0.868. The molecule has 1 aliphatic rings.